The number of aromatic nitrogens is 3. The number of ether oxygens (including phenoxy) is 2. The molecule has 0 unspecified atom stereocenters. The van der Waals surface area contributed by atoms with Crippen LogP contribution >= 0.6 is 12.4 Å². The van der Waals surface area contributed by atoms with Gasteiger partial charge in [0.05, 0.1) is 30.7 Å². The first kappa shape index (κ1) is 20.4. The summed E-state index contributed by atoms with van der Waals surface area (Å²) in [4.78, 5) is 15.4. The molecule has 1 aliphatic rings. The Labute approximate surface area is 169 Å². The number of halogens is 1. The van der Waals surface area contributed by atoms with Crippen molar-refractivity contribution in [3.05, 3.63) is 52.1 Å². The van der Waals surface area contributed by atoms with E-state index in [1.54, 1.807) is 20.3 Å². The van der Waals surface area contributed by atoms with E-state index in [0.29, 0.717) is 18.2 Å². The first-order chi connectivity index (χ1) is 13.2. The number of methoxy groups -OCH3 is 2. The average Bonchev–Trinajstić information content (AvgIpc) is 3.06. The fourth-order valence-corrected chi connectivity index (χ4v) is 3.82. The van der Waals surface area contributed by atoms with Crippen LogP contribution in [0.4, 0.5) is 0 Å². The molecule has 1 fully saturated rings. The molecule has 2 aromatic heterocycles. The van der Waals surface area contributed by atoms with Crippen molar-refractivity contribution >= 4 is 18.1 Å². The molecule has 0 amide bonds. The minimum absolute atomic E-state index is 0. The molecule has 150 valence electrons. The molecule has 0 bridgehead atoms. The normalized spacial score (nSPS) is 14.8. The molecule has 2 N–H and O–H groups in total. The van der Waals surface area contributed by atoms with E-state index < -0.39 is 0 Å². The summed E-state index contributed by atoms with van der Waals surface area (Å²) in [7, 11) is 3.29. The van der Waals surface area contributed by atoms with E-state index >= 15 is 0 Å². The van der Waals surface area contributed by atoms with Crippen LogP contribution in [0.15, 0.2) is 35.1 Å². The van der Waals surface area contributed by atoms with Crippen LogP contribution in [0, 0.1) is 0 Å². The molecule has 4 rings (SSSR count). The lowest BCUT2D eigenvalue weighted by Crippen LogP contribution is -2.28. The summed E-state index contributed by atoms with van der Waals surface area (Å²) in [6, 6.07) is 9.45. The van der Waals surface area contributed by atoms with Crippen LogP contribution in [-0.2, 0) is 11.3 Å². The molecule has 3 aromatic rings. The van der Waals surface area contributed by atoms with E-state index in [2.05, 4.69) is 10.3 Å². The summed E-state index contributed by atoms with van der Waals surface area (Å²) < 4.78 is 12.5. The van der Waals surface area contributed by atoms with Gasteiger partial charge in [0, 0.05) is 19.1 Å². The van der Waals surface area contributed by atoms with Gasteiger partial charge in [0.25, 0.3) is 5.56 Å². The highest BCUT2D eigenvalue weighted by atomic mass is 35.5. The molecule has 28 heavy (non-hydrogen) atoms. The summed E-state index contributed by atoms with van der Waals surface area (Å²) in [6.07, 6.45) is 1.99. The van der Waals surface area contributed by atoms with Gasteiger partial charge in [-0.25, -0.2) is 4.52 Å². The highest BCUT2D eigenvalue weighted by Gasteiger charge is 2.23. The first-order valence-electron chi connectivity index (χ1n) is 9.20. The maximum atomic E-state index is 12.4. The number of aromatic amines is 1. The summed E-state index contributed by atoms with van der Waals surface area (Å²) in [5.74, 6) is 1.10. The molecule has 0 radical (unpaired) electrons. The Kier molecular flexibility index (Phi) is 6.39. The second kappa shape index (κ2) is 8.77. The molecule has 0 saturated carbocycles. The Morgan fingerprint density at radius 1 is 1.18 bits per heavy atom. The SMILES string of the molecule is COCc1nn2c(C3CCNCC3)cc(=O)[nH]c2c1-c1ccc(OC)cc1.Cl. The van der Waals surface area contributed by atoms with E-state index in [-0.39, 0.29) is 18.0 Å². The standard InChI is InChI=1S/C20H24N4O3.ClH/c1-26-12-16-19(14-3-5-15(27-2)6-4-14)20-22-18(25)11-17(24(20)23-16)13-7-9-21-10-8-13;/h3-6,11,13,21H,7-10,12H2,1-2H3,(H,22,25);1H. The molecular weight excluding hydrogens is 380 g/mol. The second-order valence-electron chi connectivity index (χ2n) is 6.83. The minimum Gasteiger partial charge on any atom is -0.497 e. The lowest BCUT2D eigenvalue weighted by Gasteiger charge is -2.23. The van der Waals surface area contributed by atoms with E-state index in [1.165, 1.54) is 0 Å². The smallest absolute Gasteiger partial charge is 0.251 e. The number of rotatable bonds is 5. The Balaban J connectivity index is 0.00000225. The number of benzene rings is 1. The van der Waals surface area contributed by atoms with Gasteiger partial charge in [-0.15, -0.1) is 12.4 Å². The van der Waals surface area contributed by atoms with Gasteiger partial charge in [-0.1, -0.05) is 12.1 Å². The van der Waals surface area contributed by atoms with Gasteiger partial charge in [-0.2, -0.15) is 5.10 Å². The fourth-order valence-electron chi connectivity index (χ4n) is 3.82. The van der Waals surface area contributed by atoms with Crippen LogP contribution in [0.25, 0.3) is 16.8 Å². The summed E-state index contributed by atoms with van der Waals surface area (Å²) in [6.45, 7) is 2.28. The molecular formula is C20H25ClN4O3. The number of H-pyrrole nitrogens is 1. The van der Waals surface area contributed by atoms with Gasteiger partial charge in [-0.05, 0) is 43.6 Å². The summed E-state index contributed by atoms with van der Waals surface area (Å²) >= 11 is 0. The monoisotopic (exact) mass is 404 g/mol. The topological polar surface area (TPSA) is 80.7 Å². The molecule has 0 aliphatic carbocycles. The zero-order valence-corrected chi connectivity index (χ0v) is 16.8. The van der Waals surface area contributed by atoms with Gasteiger partial charge in [0.15, 0.2) is 0 Å². The van der Waals surface area contributed by atoms with Crippen molar-refractivity contribution in [2.45, 2.75) is 25.4 Å². The molecule has 1 aromatic carbocycles. The molecule has 7 nitrogen and oxygen atoms in total. The van der Waals surface area contributed by atoms with Crippen LogP contribution in [0.5, 0.6) is 5.75 Å². The number of nitrogens with zero attached hydrogens (tertiary/aromatic N) is 2. The van der Waals surface area contributed by atoms with E-state index in [1.807, 2.05) is 28.8 Å². The highest BCUT2D eigenvalue weighted by Crippen LogP contribution is 2.32. The van der Waals surface area contributed by atoms with Crippen LogP contribution in [0.2, 0.25) is 0 Å². The number of piperidine rings is 1. The van der Waals surface area contributed by atoms with Gasteiger partial charge in [0.1, 0.15) is 11.4 Å². The van der Waals surface area contributed by atoms with Crippen LogP contribution < -0.4 is 15.6 Å². The van der Waals surface area contributed by atoms with E-state index in [9.17, 15) is 4.79 Å². The second-order valence-corrected chi connectivity index (χ2v) is 6.83. The summed E-state index contributed by atoms with van der Waals surface area (Å²) in [5.41, 5.74) is 4.25. The molecule has 1 aliphatic heterocycles. The van der Waals surface area contributed by atoms with Crippen LogP contribution in [0.3, 0.4) is 0 Å². The van der Waals surface area contributed by atoms with Crippen LogP contribution in [0.1, 0.15) is 30.1 Å². The summed E-state index contributed by atoms with van der Waals surface area (Å²) in [5, 5.41) is 8.18. The number of fused-ring (bicyclic) bond motifs is 1. The molecule has 0 spiro atoms. The van der Waals surface area contributed by atoms with Crippen molar-refractivity contribution in [3.63, 3.8) is 0 Å². The molecule has 3 heterocycles. The Morgan fingerprint density at radius 2 is 1.89 bits per heavy atom. The van der Waals surface area contributed by atoms with Crippen molar-refractivity contribution in [1.29, 1.82) is 0 Å². The minimum atomic E-state index is -0.102. The molecule has 8 heteroatoms. The van der Waals surface area contributed by atoms with Crippen molar-refractivity contribution in [3.8, 4) is 16.9 Å². The Bertz CT molecular complexity index is 991. The van der Waals surface area contributed by atoms with Gasteiger partial charge in [0.2, 0.25) is 0 Å². The Morgan fingerprint density at radius 3 is 2.54 bits per heavy atom. The first-order valence-corrected chi connectivity index (χ1v) is 9.20. The zero-order valence-electron chi connectivity index (χ0n) is 16.0. The van der Waals surface area contributed by atoms with Crippen molar-refractivity contribution < 1.29 is 9.47 Å². The zero-order chi connectivity index (χ0) is 18.8. The highest BCUT2D eigenvalue weighted by molar-refractivity contribution is 5.85. The average molecular weight is 405 g/mol. The number of nitrogens with one attached hydrogen (secondary N) is 2. The van der Waals surface area contributed by atoms with Crippen LogP contribution in [-0.4, -0.2) is 41.9 Å². The Hall–Kier alpha value is -2.35. The van der Waals surface area contributed by atoms with Crippen molar-refractivity contribution in [2.24, 2.45) is 0 Å². The third-order valence-corrected chi connectivity index (χ3v) is 5.14. The van der Waals surface area contributed by atoms with Gasteiger partial charge in [-0.3, -0.25) is 4.79 Å². The third-order valence-electron chi connectivity index (χ3n) is 5.14. The number of hydrogen-bond acceptors (Lipinski definition) is 5. The van der Waals surface area contributed by atoms with Crippen molar-refractivity contribution in [2.75, 3.05) is 27.3 Å². The van der Waals surface area contributed by atoms with E-state index in [4.69, 9.17) is 14.6 Å². The lowest BCUT2D eigenvalue weighted by molar-refractivity contribution is 0.181. The van der Waals surface area contributed by atoms with Gasteiger partial charge < -0.3 is 19.8 Å². The number of hydrogen-bond donors (Lipinski definition) is 2. The van der Waals surface area contributed by atoms with E-state index in [0.717, 1.165) is 54.2 Å². The molecule has 0 atom stereocenters. The predicted octanol–water partition coefficient (Wildman–Crippen LogP) is 2.73. The maximum absolute atomic E-state index is 12.4. The van der Waals surface area contributed by atoms with Crippen molar-refractivity contribution in [1.82, 2.24) is 19.9 Å². The predicted molar refractivity (Wildman–Crippen MR) is 111 cm³/mol. The maximum Gasteiger partial charge on any atom is 0.251 e. The fraction of sp³-hybridized carbons (Fsp3) is 0.400. The largest absolute Gasteiger partial charge is 0.497 e. The van der Waals surface area contributed by atoms with Gasteiger partial charge >= 0.3 is 0 Å². The quantitative estimate of drug-likeness (QED) is 0.683. The third kappa shape index (κ3) is 3.78. The lowest BCUT2D eigenvalue weighted by atomic mass is 9.94. The molecule has 1 saturated heterocycles.